The van der Waals surface area contributed by atoms with Gasteiger partial charge in [0, 0.05) is 17.8 Å². The minimum atomic E-state index is -0.234. The van der Waals surface area contributed by atoms with Crippen LogP contribution in [0.25, 0.3) is 0 Å². The summed E-state index contributed by atoms with van der Waals surface area (Å²) in [5, 5.41) is 1.68. The van der Waals surface area contributed by atoms with Crippen LogP contribution < -0.4 is 0 Å². The molecule has 4 nitrogen and oxygen atoms in total. The molecular weight excluding hydrogens is 186 g/mol. The van der Waals surface area contributed by atoms with Gasteiger partial charge in [-0.2, -0.15) is 0 Å². The zero-order valence-corrected chi connectivity index (χ0v) is 7.36. The average Bonchev–Trinajstić information content (AvgIpc) is 2.71. The van der Waals surface area contributed by atoms with E-state index in [1.54, 1.807) is 17.0 Å². The molecule has 2 heterocycles. The molecule has 13 heavy (non-hydrogen) atoms. The van der Waals surface area contributed by atoms with Gasteiger partial charge < -0.3 is 0 Å². The third-order valence-corrected chi connectivity index (χ3v) is 2.02. The average molecular weight is 191 g/mol. The van der Waals surface area contributed by atoms with Gasteiger partial charge in [0.1, 0.15) is 5.69 Å². The largest absolute Gasteiger partial charge is 0.283 e. The van der Waals surface area contributed by atoms with Gasteiger partial charge in [-0.1, -0.05) is 0 Å². The Balaban J connectivity index is 2.34. The lowest BCUT2D eigenvalue weighted by molar-refractivity contribution is 0.102. The lowest BCUT2D eigenvalue weighted by Crippen LogP contribution is -2.06. The minimum absolute atomic E-state index is 0.188. The van der Waals surface area contributed by atoms with Crippen LogP contribution in [0.3, 0.4) is 0 Å². The smallest absolute Gasteiger partial charge is 0.249 e. The molecule has 2 aromatic rings. The topological polar surface area (TPSA) is 55.7 Å². The quantitative estimate of drug-likeness (QED) is 0.668. The van der Waals surface area contributed by atoms with Crippen molar-refractivity contribution >= 4 is 17.1 Å². The number of aromatic nitrogens is 3. The third kappa shape index (κ3) is 1.59. The third-order valence-electron chi connectivity index (χ3n) is 1.43. The molecule has 0 saturated carbocycles. The van der Waals surface area contributed by atoms with E-state index in [-0.39, 0.29) is 11.6 Å². The van der Waals surface area contributed by atoms with Crippen molar-refractivity contribution < 1.29 is 4.79 Å². The number of carbonyl (C=O) groups is 1. The summed E-state index contributed by atoms with van der Waals surface area (Å²) in [6.45, 7) is 0. The number of hydrogen-bond acceptors (Lipinski definition) is 5. The van der Waals surface area contributed by atoms with Crippen LogP contribution in [0.2, 0.25) is 0 Å². The Morgan fingerprint density at radius 2 is 2.00 bits per heavy atom. The van der Waals surface area contributed by atoms with Gasteiger partial charge >= 0.3 is 0 Å². The van der Waals surface area contributed by atoms with E-state index in [1.807, 2.05) is 0 Å². The van der Waals surface area contributed by atoms with Crippen LogP contribution in [0.4, 0.5) is 0 Å². The van der Waals surface area contributed by atoms with E-state index in [9.17, 15) is 4.79 Å². The van der Waals surface area contributed by atoms with Crippen LogP contribution >= 0.6 is 11.3 Å². The van der Waals surface area contributed by atoms with Gasteiger partial charge in [0.05, 0.1) is 5.51 Å². The van der Waals surface area contributed by atoms with Crippen molar-refractivity contribution in [1.82, 2.24) is 15.0 Å². The molecule has 0 radical (unpaired) electrons. The maximum atomic E-state index is 11.5. The molecule has 0 aliphatic carbocycles. The first kappa shape index (κ1) is 8.00. The molecule has 0 aliphatic rings. The van der Waals surface area contributed by atoms with E-state index in [1.165, 1.54) is 23.7 Å². The zero-order chi connectivity index (χ0) is 9.10. The summed E-state index contributed by atoms with van der Waals surface area (Å²) in [4.78, 5) is 23.1. The summed E-state index contributed by atoms with van der Waals surface area (Å²) in [7, 11) is 0. The fraction of sp³-hybridized carbons (Fsp3) is 0. The Morgan fingerprint density at radius 3 is 2.62 bits per heavy atom. The molecule has 0 unspecified atom stereocenters. The summed E-state index contributed by atoms with van der Waals surface area (Å²) in [5.74, 6) is -0.0461. The molecule has 64 valence electrons. The van der Waals surface area contributed by atoms with Crippen molar-refractivity contribution in [3.63, 3.8) is 0 Å². The Morgan fingerprint density at radius 1 is 1.23 bits per heavy atom. The van der Waals surface area contributed by atoms with Crippen molar-refractivity contribution in [3.8, 4) is 0 Å². The standard InChI is InChI=1S/C8H5N3OS/c12-7(6-4-13-5-11-6)8-9-2-1-3-10-8/h1-5H. The highest BCUT2D eigenvalue weighted by Crippen LogP contribution is 2.05. The summed E-state index contributed by atoms with van der Waals surface area (Å²) in [5.41, 5.74) is 2.01. The Labute approximate surface area is 78.3 Å². The summed E-state index contributed by atoms with van der Waals surface area (Å²) in [6, 6.07) is 1.66. The van der Waals surface area contributed by atoms with Crippen molar-refractivity contribution in [2.24, 2.45) is 0 Å². The van der Waals surface area contributed by atoms with Crippen molar-refractivity contribution in [2.75, 3.05) is 0 Å². The first-order valence-corrected chi connectivity index (χ1v) is 4.52. The number of carbonyl (C=O) groups excluding carboxylic acids is 1. The number of nitrogens with zero attached hydrogens (tertiary/aromatic N) is 3. The number of rotatable bonds is 2. The molecule has 0 aliphatic heterocycles. The van der Waals surface area contributed by atoms with Gasteiger partial charge in [-0.05, 0) is 6.07 Å². The van der Waals surface area contributed by atoms with E-state index in [0.29, 0.717) is 5.69 Å². The van der Waals surface area contributed by atoms with E-state index in [4.69, 9.17) is 0 Å². The van der Waals surface area contributed by atoms with Crippen LogP contribution in [0.1, 0.15) is 16.3 Å². The van der Waals surface area contributed by atoms with Gasteiger partial charge in [0.25, 0.3) is 0 Å². The Hall–Kier alpha value is -1.62. The molecule has 0 bridgehead atoms. The Kier molecular flexibility index (Phi) is 2.09. The van der Waals surface area contributed by atoms with Crippen LogP contribution in [-0.4, -0.2) is 20.7 Å². The highest BCUT2D eigenvalue weighted by molar-refractivity contribution is 7.07. The van der Waals surface area contributed by atoms with E-state index in [0.717, 1.165) is 0 Å². The van der Waals surface area contributed by atoms with Crippen LogP contribution in [0.5, 0.6) is 0 Å². The van der Waals surface area contributed by atoms with Gasteiger partial charge in [-0.25, -0.2) is 15.0 Å². The first-order valence-electron chi connectivity index (χ1n) is 3.58. The van der Waals surface area contributed by atoms with Gasteiger partial charge in [0.2, 0.25) is 11.6 Å². The maximum Gasteiger partial charge on any atom is 0.249 e. The molecule has 2 aromatic heterocycles. The number of thiazole rings is 1. The predicted molar refractivity (Wildman–Crippen MR) is 47.6 cm³/mol. The highest BCUT2D eigenvalue weighted by atomic mass is 32.1. The molecule has 0 spiro atoms. The van der Waals surface area contributed by atoms with E-state index >= 15 is 0 Å². The SMILES string of the molecule is O=C(c1cscn1)c1ncccn1. The zero-order valence-electron chi connectivity index (χ0n) is 6.54. The monoisotopic (exact) mass is 191 g/mol. The van der Waals surface area contributed by atoms with Crippen LogP contribution in [0, 0.1) is 0 Å². The molecule has 5 heteroatoms. The number of ketones is 1. The summed E-state index contributed by atoms with van der Waals surface area (Å²) >= 11 is 1.38. The summed E-state index contributed by atoms with van der Waals surface area (Å²) in [6.07, 6.45) is 3.07. The molecular formula is C8H5N3OS. The highest BCUT2D eigenvalue weighted by Gasteiger charge is 2.12. The second-order valence-corrected chi connectivity index (χ2v) is 2.99. The van der Waals surface area contributed by atoms with Gasteiger partial charge in [0.15, 0.2) is 0 Å². The summed E-state index contributed by atoms with van der Waals surface area (Å²) < 4.78 is 0. The lowest BCUT2D eigenvalue weighted by atomic mass is 10.3. The fourth-order valence-electron chi connectivity index (χ4n) is 0.856. The van der Waals surface area contributed by atoms with Crippen molar-refractivity contribution in [3.05, 3.63) is 40.9 Å². The predicted octanol–water partition coefficient (Wildman–Crippen LogP) is 1.16. The second-order valence-electron chi connectivity index (χ2n) is 2.28. The van der Waals surface area contributed by atoms with Crippen molar-refractivity contribution in [1.29, 1.82) is 0 Å². The Bertz CT molecular complexity index is 399. The normalized spacial score (nSPS) is 9.85. The molecule has 0 saturated heterocycles. The fourth-order valence-corrected chi connectivity index (χ4v) is 1.39. The van der Waals surface area contributed by atoms with E-state index < -0.39 is 0 Å². The molecule has 2 rings (SSSR count). The van der Waals surface area contributed by atoms with Crippen LogP contribution in [0.15, 0.2) is 29.4 Å². The molecule has 0 atom stereocenters. The lowest BCUT2D eigenvalue weighted by Gasteiger charge is -1.92. The number of hydrogen-bond donors (Lipinski definition) is 0. The molecule has 0 aromatic carbocycles. The first-order chi connectivity index (χ1) is 6.38. The molecule has 0 fully saturated rings. The van der Waals surface area contributed by atoms with E-state index in [2.05, 4.69) is 15.0 Å². The maximum absolute atomic E-state index is 11.5. The molecule has 0 N–H and O–H groups in total. The molecule has 0 amide bonds. The van der Waals surface area contributed by atoms with Gasteiger partial charge in [-0.3, -0.25) is 4.79 Å². The van der Waals surface area contributed by atoms with Crippen LogP contribution in [-0.2, 0) is 0 Å². The minimum Gasteiger partial charge on any atom is -0.283 e. The second kappa shape index (κ2) is 3.40. The van der Waals surface area contributed by atoms with Crippen molar-refractivity contribution in [2.45, 2.75) is 0 Å². The van der Waals surface area contributed by atoms with Gasteiger partial charge in [-0.15, -0.1) is 11.3 Å².